The van der Waals surface area contributed by atoms with E-state index < -0.39 is 6.10 Å². The summed E-state index contributed by atoms with van der Waals surface area (Å²) in [6, 6.07) is 13.0. The molecule has 2 aromatic carbocycles. The van der Waals surface area contributed by atoms with Crippen molar-refractivity contribution in [3.05, 3.63) is 63.6 Å². The van der Waals surface area contributed by atoms with Gasteiger partial charge in [-0.2, -0.15) is 0 Å². The van der Waals surface area contributed by atoms with E-state index in [1.807, 2.05) is 24.3 Å². The summed E-state index contributed by atoms with van der Waals surface area (Å²) in [5.41, 5.74) is 2.11. The second-order valence-electron chi connectivity index (χ2n) is 6.99. The van der Waals surface area contributed by atoms with E-state index in [9.17, 15) is 4.79 Å². The molecule has 2 rings (SSSR count). The second-order valence-corrected chi connectivity index (χ2v) is 7.83. The number of ether oxygens (including phenoxy) is 1. The predicted octanol–water partition coefficient (Wildman–Crippen LogP) is 5.37. The number of rotatable bonds is 5. The van der Waals surface area contributed by atoms with E-state index >= 15 is 0 Å². The lowest BCUT2D eigenvalue weighted by Gasteiger charge is -2.20. The fourth-order valence-corrected chi connectivity index (χ4v) is 2.76. The summed E-state index contributed by atoms with van der Waals surface area (Å²) in [5.74, 6) is 0.464. The molecule has 1 amide bonds. The Hall–Kier alpha value is -1.71. The summed E-state index contributed by atoms with van der Waals surface area (Å²) in [5, 5.41) is 3.92. The van der Waals surface area contributed by atoms with Crippen LogP contribution in [-0.4, -0.2) is 12.0 Å². The third-order valence-corrected chi connectivity index (χ3v) is 4.46. The lowest BCUT2D eigenvalue weighted by molar-refractivity contribution is -0.127. The summed E-state index contributed by atoms with van der Waals surface area (Å²) < 4.78 is 5.72. The number of carbonyl (C=O) groups excluding carboxylic acids is 1. The van der Waals surface area contributed by atoms with Crippen LogP contribution in [-0.2, 0) is 16.8 Å². The maximum atomic E-state index is 12.2. The lowest BCUT2D eigenvalue weighted by Crippen LogP contribution is -2.36. The molecule has 25 heavy (non-hydrogen) atoms. The van der Waals surface area contributed by atoms with Gasteiger partial charge in [0.2, 0.25) is 0 Å². The van der Waals surface area contributed by atoms with E-state index in [2.05, 4.69) is 26.1 Å². The van der Waals surface area contributed by atoms with Crippen molar-refractivity contribution in [1.29, 1.82) is 0 Å². The second kappa shape index (κ2) is 8.11. The van der Waals surface area contributed by atoms with Gasteiger partial charge in [-0.3, -0.25) is 4.79 Å². The van der Waals surface area contributed by atoms with Crippen molar-refractivity contribution in [3.8, 4) is 5.75 Å². The molecule has 0 saturated heterocycles. The van der Waals surface area contributed by atoms with E-state index in [0.717, 1.165) is 5.56 Å². The molecule has 3 nitrogen and oxygen atoms in total. The number of hydrogen-bond donors (Lipinski definition) is 1. The van der Waals surface area contributed by atoms with Gasteiger partial charge in [-0.15, -0.1) is 0 Å². The van der Waals surface area contributed by atoms with E-state index in [0.29, 0.717) is 22.3 Å². The minimum Gasteiger partial charge on any atom is -0.481 e. The third kappa shape index (κ3) is 5.65. The summed E-state index contributed by atoms with van der Waals surface area (Å²) in [6.45, 7) is 8.50. The Morgan fingerprint density at radius 3 is 2.32 bits per heavy atom. The van der Waals surface area contributed by atoms with Gasteiger partial charge in [0, 0.05) is 16.6 Å². The Balaban J connectivity index is 1.91. The minimum absolute atomic E-state index is 0.0827. The van der Waals surface area contributed by atoms with Gasteiger partial charge in [0.15, 0.2) is 6.10 Å². The molecule has 2 aromatic rings. The number of nitrogens with one attached hydrogen (secondary N) is 1. The zero-order valence-corrected chi connectivity index (χ0v) is 16.4. The van der Waals surface area contributed by atoms with Gasteiger partial charge in [0.25, 0.3) is 5.91 Å². The topological polar surface area (TPSA) is 38.3 Å². The molecule has 0 aromatic heterocycles. The number of hydrogen-bond acceptors (Lipinski definition) is 2. The molecule has 5 heteroatoms. The van der Waals surface area contributed by atoms with Crippen molar-refractivity contribution in [2.24, 2.45) is 0 Å². The maximum absolute atomic E-state index is 12.2. The van der Waals surface area contributed by atoms with Crippen LogP contribution in [0.3, 0.4) is 0 Å². The first kappa shape index (κ1) is 19.6. The van der Waals surface area contributed by atoms with Crippen LogP contribution in [0.25, 0.3) is 0 Å². The van der Waals surface area contributed by atoms with Crippen LogP contribution in [0.4, 0.5) is 0 Å². The molecular formula is C20H23Cl2NO2. The van der Waals surface area contributed by atoms with E-state index in [-0.39, 0.29) is 11.3 Å². The number of amides is 1. The molecule has 1 N–H and O–H groups in total. The van der Waals surface area contributed by atoms with E-state index in [4.69, 9.17) is 27.9 Å². The van der Waals surface area contributed by atoms with Crippen molar-refractivity contribution in [2.45, 2.75) is 45.8 Å². The Kier molecular flexibility index (Phi) is 6.36. The minimum atomic E-state index is -0.605. The molecule has 0 fully saturated rings. The Morgan fingerprint density at radius 2 is 1.76 bits per heavy atom. The normalized spacial score (nSPS) is 12.6. The molecule has 1 atom stereocenters. The van der Waals surface area contributed by atoms with Crippen LogP contribution in [0, 0.1) is 0 Å². The maximum Gasteiger partial charge on any atom is 0.261 e. The van der Waals surface area contributed by atoms with Crippen molar-refractivity contribution in [2.75, 3.05) is 0 Å². The van der Waals surface area contributed by atoms with Crippen molar-refractivity contribution in [1.82, 2.24) is 5.32 Å². The number of halogens is 2. The standard InChI is InChI=1S/C20H23Cl2NO2/c1-13(25-17-9-6-15(7-10-17)20(2,3)4)19(24)23-12-14-5-8-16(21)11-18(14)22/h5-11,13H,12H2,1-4H3,(H,23,24)/t13-/m0/s1. The quantitative estimate of drug-likeness (QED) is 0.757. The molecule has 134 valence electrons. The fourth-order valence-electron chi connectivity index (χ4n) is 2.28. The van der Waals surface area contributed by atoms with Crippen LogP contribution in [0.2, 0.25) is 10.0 Å². The van der Waals surface area contributed by atoms with Crippen molar-refractivity contribution in [3.63, 3.8) is 0 Å². The first-order valence-corrected chi connectivity index (χ1v) is 8.91. The SMILES string of the molecule is C[C@H](Oc1ccc(C(C)(C)C)cc1)C(=O)NCc1ccc(Cl)cc1Cl. The molecule has 0 aliphatic rings. The molecule has 0 heterocycles. The summed E-state index contributed by atoms with van der Waals surface area (Å²) in [6.07, 6.45) is -0.605. The van der Waals surface area contributed by atoms with Gasteiger partial charge in [-0.05, 0) is 47.7 Å². The van der Waals surface area contributed by atoms with Gasteiger partial charge < -0.3 is 10.1 Å². The Morgan fingerprint density at radius 1 is 1.12 bits per heavy atom. The lowest BCUT2D eigenvalue weighted by atomic mass is 9.87. The molecule has 0 aliphatic carbocycles. The highest BCUT2D eigenvalue weighted by molar-refractivity contribution is 6.35. The molecule has 0 unspecified atom stereocenters. The summed E-state index contributed by atoms with van der Waals surface area (Å²) >= 11 is 12.0. The van der Waals surface area contributed by atoms with Gasteiger partial charge in [0.1, 0.15) is 5.75 Å². The average Bonchev–Trinajstić information content (AvgIpc) is 2.53. The molecule has 0 saturated carbocycles. The monoisotopic (exact) mass is 379 g/mol. The Labute approximate surface area is 159 Å². The smallest absolute Gasteiger partial charge is 0.261 e. The van der Waals surface area contributed by atoms with E-state index in [1.54, 1.807) is 25.1 Å². The highest BCUT2D eigenvalue weighted by Crippen LogP contribution is 2.25. The average molecular weight is 380 g/mol. The predicted molar refractivity (Wildman–Crippen MR) is 104 cm³/mol. The third-order valence-electron chi connectivity index (χ3n) is 3.87. The zero-order valence-electron chi connectivity index (χ0n) is 14.9. The largest absolute Gasteiger partial charge is 0.481 e. The van der Waals surface area contributed by atoms with Crippen LogP contribution >= 0.6 is 23.2 Å². The highest BCUT2D eigenvalue weighted by atomic mass is 35.5. The van der Waals surface area contributed by atoms with Crippen LogP contribution in [0.15, 0.2) is 42.5 Å². The summed E-state index contributed by atoms with van der Waals surface area (Å²) in [4.78, 5) is 12.2. The molecule has 0 bridgehead atoms. The molecular weight excluding hydrogens is 357 g/mol. The zero-order chi connectivity index (χ0) is 18.6. The van der Waals surface area contributed by atoms with Crippen LogP contribution < -0.4 is 10.1 Å². The molecule has 0 spiro atoms. The Bertz CT molecular complexity index is 736. The van der Waals surface area contributed by atoms with Crippen LogP contribution in [0.5, 0.6) is 5.75 Å². The molecule has 0 radical (unpaired) electrons. The van der Waals surface area contributed by atoms with Crippen LogP contribution in [0.1, 0.15) is 38.8 Å². The molecule has 0 aliphatic heterocycles. The summed E-state index contributed by atoms with van der Waals surface area (Å²) in [7, 11) is 0. The van der Waals surface area contributed by atoms with Gasteiger partial charge in [-0.25, -0.2) is 0 Å². The first-order valence-electron chi connectivity index (χ1n) is 8.15. The fraction of sp³-hybridized carbons (Fsp3) is 0.350. The number of carbonyl (C=O) groups is 1. The highest BCUT2D eigenvalue weighted by Gasteiger charge is 2.16. The van der Waals surface area contributed by atoms with Crippen molar-refractivity contribution < 1.29 is 9.53 Å². The van der Waals surface area contributed by atoms with Gasteiger partial charge >= 0.3 is 0 Å². The first-order chi connectivity index (χ1) is 11.7. The van der Waals surface area contributed by atoms with Gasteiger partial charge in [-0.1, -0.05) is 62.2 Å². The number of benzene rings is 2. The van der Waals surface area contributed by atoms with Crippen molar-refractivity contribution >= 4 is 29.1 Å². The van der Waals surface area contributed by atoms with E-state index in [1.165, 1.54) is 5.56 Å². The van der Waals surface area contributed by atoms with Gasteiger partial charge in [0.05, 0.1) is 0 Å².